The van der Waals surface area contributed by atoms with Gasteiger partial charge in [-0.25, -0.2) is 9.31 Å². The lowest BCUT2D eigenvalue weighted by atomic mass is 9.76. The Labute approximate surface area is 150 Å². The van der Waals surface area contributed by atoms with E-state index in [4.69, 9.17) is 10.8 Å². The third-order valence-corrected chi connectivity index (χ3v) is 5.65. The number of hydrogen-bond acceptors (Lipinski definition) is 5. The standard InChI is InChI=1S/C17H23N5O4/c1-16(2)12(4-5-17(16,3)26)21-13-10(14(18)23)7-19-22-8-9(6-11(13)22)20-15(24)25/h6-8,12,20-21,26H,4-5H2,1-3H3,(H2,18,23)(H,24,25). The zero-order valence-corrected chi connectivity index (χ0v) is 14.9. The Morgan fingerprint density at radius 1 is 1.38 bits per heavy atom. The van der Waals surface area contributed by atoms with Crippen molar-refractivity contribution in [2.45, 2.75) is 45.3 Å². The van der Waals surface area contributed by atoms with Crippen LogP contribution in [0.25, 0.3) is 5.52 Å². The molecule has 2 unspecified atom stereocenters. The number of carbonyl (C=O) groups excluding carboxylic acids is 1. The number of nitrogens with zero attached hydrogens (tertiary/aromatic N) is 2. The van der Waals surface area contributed by atoms with Crippen molar-refractivity contribution in [3.05, 3.63) is 24.0 Å². The quantitative estimate of drug-likeness (QED) is 0.563. The topological polar surface area (TPSA) is 142 Å². The van der Waals surface area contributed by atoms with Crippen LogP contribution in [0, 0.1) is 5.41 Å². The van der Waals surface area contributed by atoms with Crippen LogP contribution >= 0.6 is 0 Å². The number of rotatable bonds is 4. The molecule has 140 valence electrons. The average molecular weight is 361 g/mol. The number of aliphatic hydroxyl groups is 1. The number of primary amides is 1. The van der Waals surface area contributed by atoms with Crippen molar-refractivity contribution in [2.75, 3.05) is 10.6 Å². The van der Waals surface area contributed by atoms with Gasteiger partial charge in [0.2, 0.25) is 0 Å². The van der Waals surface area contributed by atoms with Crippen molar-refractivity contribution < 1.29 is 19.8 Å². The fourth-order valence-electron chi connectivity index (χ4n) is 3.50. The molecule has 2 heterocycles. The second-order valence-electron chi connectivity index (χ2n) is 7.52. The number of carboxylic acid groups (broad SMARTS) is 1. The Morgan fingerprint density at radius 3 is 2.62 bits per heavy atom. The van der Waals surface area contributed by atoms with Crippen molar-refractivity contribution >= 4 is 28.9 Å². The van der Waals surface area contributed by atoms with E-state index in [1.165, 1.54) is 16.9 Å². The SMILES string of the molecule is CC1(O)CCC(Nc2c(C(N)=O)cnn3cc(NC(=O)O)cc23)C1(C)C. The predicted molar refractivity (Wildman–Crippen MR) is 96.4 cm³/mol. The Balaban J connectivity index is 2.08. The minimum atomic E-state index is -1.20. The maximum Gasteiger partial charge on any atom is 0.409 e. The molecule has 2 aromatic heterocycles. The number of anilines is 2. The van der Waals surface area contributed by atoms with Crippen molar-refractivity contribution in [2.24, 2.45) is 11.1 Å². The fraction of sp³-hybridized carbons (Fsp3) is 0.471. The van der Waals surface area contributed by atoms with Crippen LogP contribution in [-0.4, -0.2) is 43.5 Å². The summed E-state index contributed by atoms with van der Waals surface area (Å²) in [6.07, 6.45) is 3.00. The number of nitrogens with two attached hydrogens (primary N) is 1. The van der Waals surface area contributed by atoms with Gasteiger partial charge < -0.3 is 21.3 Å². The summed E-state index contributed by atoms with van der Waals surface area (Å²) in [5.74, 6) is -0.640. The van der Waals surface area contributed by atoms with Crippen molar-refractivity contribution in [3.63, 3.8) is 0 Å². The molecule has 0 radical (unpaired) electrons. The number of hydrogen-bond donors (Lipinski definition) is 5. The first kappa shape index (κ1) is 18.0. The molecule has 0 aliphatic heterocycles. The summed E-state index contributed by atoms with van der Waals surface area (Å²) in [5.41, 5.74) is 5.73. The van der Waals surface area contributed by atoms with E-state index in [9.17, 15) is 14.7 Å². The van der Waals surface area contributed by atoms with E-state index in [1.807, 2.05) is 13.8 Å². The Hall–Kier alpha value is -2.81. The van der Waals surface area contributed by atoms with Gasteiger partial charge in [0.15, 0.2) is 0 Å². The van der Waals surface area contributed by atoms with Gasteiger partial charge in [-0.05, 0) is 25.8 Å². The van der Waals surface area contributed by atoms with Gasteiger partial charge in [-0.1, -0.05) is 13.8 Å². The fourth-order valence-corrected chi connectivity index (χ4v) is 3.50. The van der Waals surface area contributed by atoms with Gasteiger partial charge in [-0.15, -0.1) is 0 Å². The number of nitrogens with one attached hydrogen (secondary N) is 2. The van der Waals surface area contributed by atoms with Crippen LogP contribution in [0.15, 0.2) is 18.5 Å². The first-order valence-corrected chi connectivity index (χ1v) is 8.33. The van der Waals surface area contributed by atoms with E-state index < -0.39 is 23.0 Å². The van der Waals surface area contributed by atoms with E-state index in [0.717, 1.165) is 0 Å². The summed E-state index contributed by atoms with van der Waals surface area (Å²) in [6.45, 7) is 5.74. The molecular formula is C17H23N5O4. The van der Waals surface area contributed by atoms with E-state index in [0.29, 0.717) is 29.7 Å². The van der Waals surface area contributed by atoms with Crippen LogP contribution in [-0.2, 0) is 0 Å². The monoisotopic (exact) mass is 361 g/mol. The van der Waals surface area contributed by atoms with E-state index in [2.05, 4.69) is 15.7 Å². The molecule has 1 aliphatic carbocycles. The highest BCUT2D eigenvalue weighted by Crippen LogP contribution is 2.47. The van der Waals surface area contributed by atoms with Crippen LogP contribution in [0.3, 0.4) is 0 Å². The maximum atomic E-state index is 11.9. The molecule has 3 rings (SSSR count). The third kappa shape index (κ3) is 2.84. The number of amides is 2. The predicted octanol–water partition coefficient (Wildman–Crippen LogP) is 1.87. The summed E-state index contributed by atoms with van der Waals surface area (Å²) in [5, 5.41) is 29.3. The Bertz CT molecular complexity index is 887. The molecule has 0 bridgehead atoms. The largest absolute Gasteiger partial charge is 0.465 e. The van der Waals surface area contributed by atoms with Gasteiger partial charge in [0.05, 0.1) is 40.4 Å². The molecule has 2 atom stereocenters. The Kier molecular flexibility index (Phi) is 4.06. The first-order chi connectivity index (χ1) is 12.0. The molecule has 0 aromatic carbocycles. The van der Waals surface area contributed by atoms with Gasteiger partial charge in [-0.2, -0.15) is 5.10 Å². The molecule has 6 N–H and O–H groups in total. The summed E-state index contributed by atoms with van der Waals surface area (Å²) in [4.78, 5) is 22.8. The molecule has 2 aromatic rings. The molecule has 26 heavy (non-hydrogen) atoms. The van der Waals surface area contributed by atoms with Crippen LogP contribution in [0.5, 0.6) is 0 Å². The van der Waals surface area contributed by atoms with Crippen LogP contribution in [0.2, 0.25) is 0 Å². The van der Waals surface area contributed by atoms with E-state index in [-0.39, 0.29) is 11.6 Å². The zero-order chi connectivity index (χ0) is 19.3. The molecule has 0 spiro atoms. The lowest BCUT2D eigenvalue weighted by molar-refractivity contribution is -0.0283. The summed E-state index contributed by atoms with van der Waals surface area (Å²) in [6, 6.07) is 1.48. The van der Waals surface area contributed by atoms with Crippen LogP contribution < -0.4 is 16.4 Å². The van der Waals surface area contributed by atoms with Crippen LogP contribution in [0.1, 0.15) is 44.0 Å². The van der Waals surface area contributed by atoms with Crippen molar-refractivity contribution in [1.29, 1.82) is 0 Å². The van der Waals surface area contributed by atoms with E-state index in [1.54, 1.807) is 13.0 Å². The summed E-state index contributed by atoms with van der Waals surface area (Å²) in [7, 11) is 0. The second-order valence-corrected chi connectivity index (χ2v) is 7.52. The lowest BCUT2D eigenvalue weighted by Crippen LogP contribution is -2.45. The molecule has 9 heteroatoms. The molecule has 0 saturated heterocycles. The second kappa shape index (κ2) is 5.87. The molecule has 9 nitrogen and oxygen atoms in total. The summed E-state index contributed by atoms with van der Waals surface area (Å²) < 4.78 is 1.47. The minimum absolute atomic E-state index is 0.104. The third-order valence-electron chi connectivity index (χ3n) is 5.65. The number of carbonyl (C=O) groups is 2. The summed E-state index contributed by atoms with van der Waals surface area (Å²) >= 11 is 0. The van der Waals surface area contributed by atoms with E-state index >= 15 is 0 Å². The smallest absolute Gasteiger partial charge is 0.409 e. The highest BCUT2D eigenvalue weighted by Gasteiger charge is 2.50. The van der Waals surface area contributed by atoms with Gasteiger partial charge in [0, 0.05) is 11.5 Å². The van der Waals surface area contributed by atoms with Gasteiger partial charge in [-0.3, -0.25) is 10.1 Å². The normalized spacial score (nSPS) is 24.5. The van der Waals surface area contributed by atoms with Gasteiger partial charge in [0.25, 0.3) is 5.91 Å². The maximum absolute atomic E-state index is 11.9. The van der Waals surface area contributed by atoms with Gasteiger partial charge >= 0.3 is 6.09 Å². The molecule has 1 saturated carbocycles. The molecule has 2 amide bonds. The number of fused-ring (bicyclic) bond motifs is 1. The minimum Gasteiger partial charge on any atom is -0.465 e. The first-order valence-electron chi connectivity index (χ1n) is 8.33. The van der Waals surface area contributed by atoms with Crippen LogP contribution in [0.4, 0.5) is 16.2 Å². The molecule has 1 fully saturated rings. The molecule has 1 aliphatic rings. The zero-order valence-electron chi connectivity index (χ0n) is 14.9. The van der Waals surface area contributed by atoms with Crippen molar-refractivity contribution in [1.82, 2.24) is 9.61 Å². The highest BCUT2D eigenvalue weighted by molar-refractivity contribution is 6.02. The van der Waals surface area contributed by atoms with Crippen molar-refractivity contribution in [3.8, 4) is 0 Å². The number of aromatic nitrogens is 2. The highest BCUT2D eigenvalue weighted by atomic mass is 16.4. The lowest BCUT2D eigenvalue weighted by Gasteiger charge is -2.38. The average Bonchev–Trinajstić information content (AvgIpc) is 2.99. The molecular weight excluding hydrogens is 338 g/mol. The Morgan fingerprint density at radius 2 is 2.08 bits per heavy atom. The van der Waals surface area contributed by atoms with Gasteiger partial charge in [0.1, 0.15) is 0 Å².